The number of carbonyl (C=O) groups is 2. The monoisotopic (exact) mass is 362 g/mol. The van der Waals surface area contributed by atoms with Crippen molar-refractivity contribution in [3.63, 3.8) is 0 Å². The van der Waals surface area contributed by atoms with Crippen molar-refractivity contribution in [2.75, 3.05) is 0 Å². The fourth-order valence-electron chi connectivity index (χ4n) is 3.68. The molecule has 2 heterocycles. The number of carbonyl (C=O) groups excluding carboxylic acids is 2. The average Bonchev–Trinajstić information content (AvgIpc) is 3.04. The summed E-state index contributed by atoms with van der Waals surface area (Å²) in [4.78, 5) is 24.7. The Morgan fingerprint density at radius 3 is 2.54 bits per heavy atom. The zero-order valence-corrected chi connectivity index (χ0v) is 15.7. The minimum Gasteiger partial charge on any atom is -0.459 e. The summed E-state index contributed by atoms with van der Waals surface area (Å²) in [6.45, 7) is 11.1. The van der Waals surface area contributed by atoms with Crippen molar-refractivity contribution in [2.45, 2.75) is 70.6 Å². The lowest BCUT2D eigenvalue weighted by Crippen LogP contribution is -2.37. The zero-order valence-electron chi connectivity index (χ0n) is 15.7. The van der Waals surface area contributed by atoms with Gasteiger partial charge in [-0.05, 0) is 40.2 Å². The fraction of sp³-hybridized carbons (Fsp3) is 0.600. The average molecular weight is 362 g/mol. The smallest absolute Gasteiger partial charge is 0.341 e. The largest absolute Gasteiger partial charge is 0.459 e. The van der Waals surface area contributed by atoms with Crippen LogP contribution in [0.1, 0.15) is 40.5 Å². The second-order valence-electron chi connectivity index (χ2n) is 7.73. The van der Waals surface area contributed by atoms with E-state index in [0.717, 1.165) is 11.1 Å². The molecule has 0 aromatic carbocycles. The van der Waals surface area contributed by atoms with Crippen LogP contribution in [0, 0.1) is 5.92 Å². The third kappa shape index (κ3) is 3.48. The van der Waals surface area contributed by atoms with Crippen molar-refractivity contribution in [3.8, 4) is 0 Å². The van der Waals surface area contributed by atoms with Gasteiger partial charge in [-0.1, -0.05) is 23.8 Å². The topological polar surface area (TPSA) is 85.4 Å². The summed E-state index contributed by atoms with van der Waals surface area (Å²) in [5.41, 5.74) is 1.14. The van der Waals surface area contributed by atoms with Gasteiger partial charge in [0.2, 0.25) is 0 Å². The highest BCUT2D eigenvalue weighted by Crippen LogP contribution is 2.40. The van der Waals surface area contributed by atoms with E-state index in [2.05, 4.69) is 6.58 Å². The van der Waals surface area contributed by atoms with Crippen LogP contribution in [0.5, 0.6) is 0 Å². The minimum absolute atomic E-state index is 0.199. The summed E-state index contributed by atoms with van der Waals surface area (Å²) in [5.74, 6) is -1.39. The van der Waals surface area contributed by atoms with E-state index < -0.39 is 41.8 Å². The molecular weight excluding hydrogens is 336 g/mol. The molecule has 0 saturated carbocycles. The van der Waals surface area contributed by atoms with Crippen LogP contribution in [0.3, 0.4) is 0 Å². The van der Waals surface area contributed by atoms with Crippen molar-refractivity contribution in [1.82, 2.24) is 0 Å². The first-order valence-electron chi connectivity index (χ1n) is 8.93. The molecule has 6 heteroatoms. The molecule has 0 bridgehead atoms. The Kier molecular flexibility index (Phi) is 4.84. The number of hydrogen-bond acceptors (Lipinski definition) is 6. The molecule has 0 radical (unpaired) electrons. The number of aliphatic hydroxyl groups is 1. The first kappa shape index (κ1) is 18.9. The van der Waals surface area contributed by atoms with Crippen molar-refractivity contribution in [3.05, 3.63) is 35.5 Å². The Balaban J connectivity index is 1.93. The van der Waals surface area contributed by atoms with Gasteiger partial charge in [-0.3, -0.25) is 0 Å². The number of epoxide rings is 1. The summed E-state index contributed by atoms with van der Waals surface area (Å²) in [6.07, 6.45) is 2.41. The Morgan fingerprint density at radius 1 is 1.31 bits per heavy atom. The van der Waals surface area contributed by atoms with Crippen molar-refractivity contribution in [1.29, 1.82) is 0 Å². The molecular formula is C20H26O6. The van der Waals surface area contributed by atoms with Crippen LogP contribution in [-0.2, 0) is 23.8 Å². The maximum Gasteiger partial charge on any atom is 0.341 e. The predicted octanol–water partition coefficient (Wildman–Crippen LogP) is 2.22. The third-order valence-corrected chi connectivity index (χ3v) is 5.45. The quantitative estimate of drug-likeness (QED) is 0.351. The molecule has 6 nitrogen and oxygen atoms in total. The Labute approximate surface area is 153 Å². The molecule has 0 aromatic rings. The van der Waals surface area contributed by atoms with Crippen molar-refractivity contribution >= 4 is 11.9 Å². The molecule has 0 unspecified atom stereocenters. The lowest BCUT2D eigenvalue weighted by Gasteiger charge is -2.28. The predicted molar refractivity (Wildman–Crippen MR) is 94.1 cm³/mol. The Morgan fingerprint density at radius 2 is 1.92 bits per heavy atom. The van der Waals surface area contributed by atoms with E-state index in [0.29, 0.717) is 18.4 Å². The standard InChI is InChI=1S/C20H26O6/c1-10-6-14(21)7-11(2)9-16(25-19(23)20(5)13(4)26-20)17-12(3)18(22)24-15(17)8-10/h7-8,13-17,21H,3,6,9H2,1-2,4-5H3/b10-8+,11-7+/t13-,14-,15-,16-,17+,20-/m1/s1. The van der Waals surface area contributed by atoms with E-state index in [-0.39, 0.29) is 6.10 Å². The van der Waals surface area contributed by atoms with Crippen LogP contribution in [0.2, 0.25) is 0 Å². The molecule has 2 saturated heterocycles. The van der Waals surface area contributed by atoms with Crippen LogP contribution in [0.25, 0.3) is 0 Å². The van der Waals surface area contributed by atoms with Gasteiger partial charge in [-0.15, -0.1) is 0 Å². The maximum atomic E-state index is 12.6. The Hall–Kier alpha value is -1.92. The highest BCUT2D eigenvalue weighted by atomic mass is 16.7. The molecule has 1 N–H and O–H groups in total. The van der Waals surface area contributed by atoms with E-state index in [1.165, 1.54) is 0 Å². The van der Waals surface area contributed by atoms with Crippen molar-refractivity contribution < 1.29 is 28.9 Å². The minimum atomic E-state index is -0.946. The molecule has 142 valence electrons. The number of ether oxygens (including phenoxy) is 3. The molecule has 26 heavy (non-hydrogen) atoms. The zero-order chi connectivity index (χ0) is 19.2. The second-order valence-corrected chi connectivity index (χ2v) is 7.73. The summed E-state index contributed by atoms with van der Waals surface area (Å²) in [5, 5.41) is 10.2. The van der Waals surface area contributed by atoms with Crippen molar-refractivity contribution in [2.24, 2.45) is 5.92 Å². The first-order chi connectivity index (χ1) is 12.1. The van der Waals surface area contributed by atoms with E-state index >= 15 is 0 Å². The van der Waals surface area contributed by atoms with Gasteiger partial charge in [0.15, 0.2) is 5.60 Å². The summed E-state index contributed by atoms with van der Waals surface area (Å²) in [7, 11) is 0. The molecule has 2 fully saturated rings. The van der Waals surface area contributed by atoms with Gasteiger partial charge in [0.1, 0.15) is 12.2 Å². The molecule has 2 aliphatic heterocycles. The number of aliphatic hydroxyl groups excluding tert-OH is 1. The first-order valence-corrected chi connectivity index (χ1v) is 8.93. The number of fused-ring (bicyclic) bond motifs is 1. The lowest BCUT2D eigenvalue weighted by molar-refractivity contribution is -0.157. The van der Waals surface area contributed by atoms with Gasteiger partial charge in [0.25, 0.3) is 0 Å². The molecule has 1 aliphatic carbocycles. The SMILES string of the molecule is C=C1C(=O)O[C@@H]2/C=C(\C)C[C@@H](O)/C=C(\C)C[C@@H](OC(=O)[C@]3(C)O[C@@H]3C)[C@@H]12. The van der Waals surface area contributed by atoms with Gasteiger partial charge in [-0.2, -0.15) is 0 Å². The summed E-state index contributed by atoms with van der Waals surface area (Å²) >= 11 is 0. The van der Waals surface area contributed by atoms with E-state index in [4.69, 9.17) is 14.2 Å². The Bertz CT molecular complexity index is 705. The molecule has 3 rings (SSSR count). The highest BCUT2D eigenvalue weighted by molar-refractivity contribution is 5.91. The number of hydrogen-bond donors (Lipinski definition) is 1. The molecule has 0 amide bonds. The highest BCUT2D eigenvalue weighted by Gasteiger charge is 2.58. The number of rotatable bonds is 2. The van der Waals surface area contributed by atoms with Crippen LogP contribution in [0.15, 0.2) is 35.5 Å². The molecule has 0 aromatic heterocycles. The van der Waals surface area contributed by atoms with Gasteiger partial charge in [0, 0.05) is 12.0 Å². The maximum absolute atomic E-state index is 12.6. The van der Waals surface area contributed by atoms with Gasteiger partial charge < -0.3 is 19.3 Å². The lowest BCUT2D eigenvalue weighted by atomic mass is 9.85. The second kappa shape index (κ2) is 6.67. The number of esters is 2. The summed E-state index contributed by atoms with van der Waals surface area (Å²) in [6, 6.07) is 0. The van der Waals surface area contributed by atoms with Crippen LogP contribution >= 0.6 is 0 Å². The van der Waals surface area contributed by atoms with Crippen LogP contribution < -0.4 is 0 Å². The molecule has 0 spiro atoms. The van der Waals surface area contributed by atoms with Crippen LogP contribution in [0.4, 0.5) is 0 Å². The molecule has 3 aliphatic rings. The van der Waals surface area contributed by atoms with E-state index in [1.807, 2.05) is 26.8 Å². The normalized spacial score (nSPS) is 44.1. The van der Waals surface area contributed by atoms with Gasteiger partial charge >= 0.3 is 11.9 Å². The van der Waals surface area contributed by atoms with Gasteiger partial charge in [0.05, 0.1) is 18.1 Å². The van der Waals surface area contributed by atoms with Crippen LogP contribution in [-0.4, -0.2) is 47.1 Å². The molecule has 6 atom stereocenters. The summed E-state index contributed by atoms with van der Waals surface area (Å²) < 4.78 is 16.6. The van der Waals surface area contributed by atoms with E-state index in [9.17, 15) is 14.7 Å². The van der Waals surface area contributed by atoms with Gasteiger partial charge in [-0.25, -0.2) is 9.59 Å². The fourth-order valence-corrected chi connectivity index (χ4v) is 3.68. The third-order valence-electron chi connectivity index (χ3n) is 5.45. The van der Waals surface area contributed by atoms with E-state index in [1.54, 1.807) is 13.0 Å².